The molecular weight excluding hydrogens is 371 g/mol. The minimum absolute atomic E-state index is 0.267. The molecule has 0 aliphatic heterocycles. The van der Waals surface area contributed by atoms with Crippen molar-refractivity contribution in [3.63, 3.8) is 0 Å². The highest BCUT2D eigenvalue weighted by Crippen LogP contribution is 2.25. The number of pyridine rings is 1. The number of halogens is 1. The lowest BCUT2D eigenvalue weighted by Crippen LogP contribution is -2.19. The number of aromatic nitrogens is 1. The average Bonchev–Trinajstić information content (AvgIpc) is 2.54. The van der Waals surface area contributed by atoms with Crippen molar-refractivity contribution >= 4 is 33.5 Å². The van der Waals surface area contributed by atoms with E-state index in [0.29, 0.717) is 0 Å². The van der Waals surface area contributed by atoms with Crippen LogP contribution in [-0.2, 0) is 6.42 Å². The number of nitrogens with zero attached hydrogens (tertiary/aromatic N) is 1. The van der Waals surface area contributed by atoms with Crippen molar-refractivity contribution < 1.29 is 0 Å². The second kappa shape index (κ2) is 6.54. The maximum Gasteiger partial charge on any atom is 0.0749 e. The SMILES string of the molecule is CNC(Cc1ccc(I)cc1)c1cccc2cccnc12. The highest BCUT2D eigenvalue weighted by atomic mass is 127. The van der Waals surface area contributed by atoms with Crippen LogP contribution in [0, 0.1) is 3.57 Å². The van der Waals surface area contributed by atoms with Crippen molar-refractivity contribution in [1.29, 1.82) is 0 Å². The summed E-state index contributed by atoms with van der Waals surface area (Å²) < 4.78 is 1.27. The van der Waals surface area contributed by atoms with E-state index in [1.807, 2.05) is 19.3 Å². The van der Waals surface area contributed by atoms with E-state index < -0.39 is 0 Å². The van der Waals surface area contributed by atoms with E-state index in [0.717, 1.165) is 11.9 Å². The maximum atomic E-state index is 4.56. The first-order valence-electron chi connectivity index (χ1n) is 7.03. The predicted octanol–water partition coefficient (Wildman–Crippen LogP) is 4.34. The Labute approximate surface area is 138 Å². The van der Waals surface area contributed by atoms with Gasteiger partial charge in [0.25, 0.3) is 0 Å². The Morgan fingerprint density at radius 3 is 2.57 bits per heavy atom. The number of benzene rings is 2. The number of para-hydroxylation sites is 1. The molecule has 3 rings (SSSR count). The van der Waals surface area contributed by atoms with Gasteiger partial charge in [-0.15, -0.1) is 0 Å². The minimum Gasteiger partial charge on any atom is -0.313 e. The molecule has 0 amide bonds. The fourth-order valence-electron chi connectivity index (χ4n) is 2.63. The molecule has 2 nitrogen and oxygen atoms in total. The van der Waals surface area contributed by atoms with Gasteiger partial charge in [0.2, 0.25) is 0 Å². The van der Waals surface area contributed by atoms with Crippen molar-refractivity contribution in [2.75, 3.05) is 7.05 Å². The van der Waals surface area contributed by atoms with Crippen LogP contribution in [0.2, 0.25) is 0 Å². The molecule has 1 heterocycles. The minimum atomic E-state index is 0.267. The van der Waals surface area contributed by atoms with Crippen molar-refractivity contribution in [3.05, 3.63) is 75.5 Å². The zero-order chi connectivity index (χ0) is 14.7. The summed E-state index contributed by atoms with van der Waals surface area (Å²) in [5.74, 6) is 0. The molecular formula is C18H17IN2. The molecule has 0 saturated heterocycles. The van der Waals surface area contributed by atoms with Gasteiger partial charge in [-0.2, -0.15) is 0 Å². The van der Waals surface area contributed by atoms with Crippen LogP contribution in [0.1, 0.15) is 17.2 Å². The fraction of sp³-hybridized carbons (Fsp3) is 0.167. The highest BCUT2D eigenvalue weighted by molar-refractivity contribution is 14.1. The zero-order valence-electron chi connectivity index (χ0n) is 11.9. The quantitative estimate of drug-likeness (QED) is 0.673. The lowest BCUT2D eigenvalue weighted by Gasteiger charge is -2.18. The van der Waals surface area contributed by atoms with Crippen LogP contribution in [0.3, 0.4) is 0 Å². The smallest absolute Gasteiger partial charge is 0.0749 e. The summed E-state index contributed by atoms with van der Waals surface area (Å²) in [5, 5.41) is 4.62. The van der Waals surface area contributed by atoms with Gasteiger partial charge in [0.1, 0.15) is 0 Å². The van der Waals surface area contributed by atoms with Crippen molar-refractivity contribution in [2.24, 2.45) is 0 Å². The molecule has 1 atom stereocenters. The van der Waals surface area contributed by atoms with Crippen LogP contribution in [0.25, 0.3) is 10.9 Å². The summed E-state index contributed by atoms with van der Waals surface area (Å²) in [7, 11) is 2.01. The van der Waals surface area contributed by atoms with Gasteiger partial charge >= 0.3 is 0 Å². The molecule has 21 heavy (non-hydrogen) atoms. The summed E-state index contributed by atoms with van der Waals surface area (Å²) in [6.07, 6.45) is 2.83. The molecule has 0 bridgehead atoms. The third-order valence-corrected chi connectivity index (χ3v) is 4.46. The molecule has 0 fully saturated rings. The van der Waals surface area contributed by atoms with E-state index in [9.17, 15) is 0 Å². The van der Waals surface area contributed by atoms with E-state index in [2.05, 4.69) is 81.4 Å². The Morgan fingerprint density at radius 2 is 1.81 bits per heavy atom. The fourth-order valence-corrected chi connectivity index (χ4v) is 2.99. The van der Waals surface area contributed by atoms with E-state index in [-0.39, 0.29) is 6.04 Å². The Morgan fingerprint density at radius 1 is 1.05 bits per heavy atom. The van der Waals surface area contributed by atoms with Gasteiger partial charge in [0.15, 0.2) is 0 Å². The lowest BCUT2D eigenvalue weighted by molar-refractivity contribution is 0.595. The molecule has 0 aliphatic rings. The topological polar surface area (TPSA) is 24.9 Å². The van der Waals surface area contributed by atoms with E-state index in [4.69, 9.17) is 0 Å². The van der Waals surface area contributed by atoms with Crippen LogP contribution in [0.4, 0.5) is 0 Å². The summed E-state index contributed by atoms with van der Waals surface area (Å²) in [6, 6.07) is 19.5. The standard InChI is InChI=1S/C18H17IN2/c1-20-17(12-13-7-9-15(19)10-8-13)16-6-2-4-14-5-3-11-21-18(14)16/h2-11,17,20H,12H2,1H3. The van der Waals surface area contributed by atoms with Crippen LogP contribution in [0.5, 0.6) is 0 Å². The number of rotatable bonds is 4. The van der Waals surface area contributed by atoms with Crippen LogP contribution in [0.15, 0.2) is 60.8 Å². The predicted molar refractivity (Wildman–Crippen MR) is 96.4 cm³/mol. The molecule has 2 aromatic carbocycles. The first-order valence-corrected chi connectivity index (χ1v) is 8.11. The Kier molecular flexibility index (Phi) is 4.51. The first-order chi connectivity index (χ1) is 10.3. The van der Waals surface area contributed by atoms with Gasteiger partial charge in [-0.1, -0.05) is 36.4 Å². The third kappa shape index (κ3) is 3.24. The van der Waals surface area contributed by atoms with Gasteiger partial charge in [-0.3, -0.25) is 4.98 Å². The van der Waals surface area contributed by atoms with Crippen molar-refractivity contribution in [2.45, 2.75) is 12.5 Å². The summed E-state index contributed by atoms with van der Waals surface area (Å²) in [4.78, 5) is 4.56. The number of fused-ring (bicyclic) bond motifs is 1. The first kappa shape index (κ1) is 14.5. The Balaban J connectivity index is 1.96. The van der Waals surface area contributed by atoms with Crippen LogP contribution in [-0.4, -0.2) is 12.0 Å². The number of nitrogens with one attached hydrogen (secondary N) is 1. The number of likely N-dealkylation sites (N-methyl/N-ethyl adjacent to an activating group) is 1. The molecule has 1 N–H and O–H groups in total. The Bertz CT molecular complexity index is 732. The maximum absolute atomic E-state index is 4.56. The second-order valence-electron chi connectivity index (χ2n) is 5.09. The molecule has 0 radical (unpaired) electrons. The number of hydrogen-bond donors (Lipinski definition) is 1. The molecule has 1 aromatic heterocycles. The molecule has 3 aromatic rings. The molecule has 106 valence electrons. The summed E-state index contributed by atoms with van der Waals surface area (Å²) in [6.45, 7) is 0. The monoisotopic (exact) mass is 388 g/mol. The summed E-state index contributed by atoms with van der Waals surface area (Å²) in [5.41, 5.74) is 3.68. The molecule has 0 saturated carbocycles. The normalized spacial score (nSPS) is 12.5. The van der Waals surface area contributed by atoms with Gasteiger partial charge in [0.05, 0.1) is 5.52 Å². The largest absolute Gasteiger partial charge is 0.313 e. The average molecular weight is 388 g/mol. The molecule has 1 unspecified atom stereocenters. The van der Waals surface area contributed by atoms with Crippen molar-refractivity contribution in [3.8, 4) is 0 Å². The molecule has 0 spiro atoms. The molecule has 0 aliphatic carbocycles. The van der Waals surface area contributed by atoms with E-state index in [1.165, 1.54) is 20.1 Å². The van der Waals surface area contributed by atoms with Crippen LogP contribution < -0.4 is 5.32 Å². The van der Waals surface area contributed by atoms with E-state index in [1.54, 1.807) is 0 Å². The lowest BCUT2D eigenvalue weighted by atomic mass is 9.97. The van der Waals surface area contributed by atoms with Crippen LogP contribution >= 0.6 is 22.6 Å². The van der Waals surface area contributed by atoms with Gasteiger partial charge in [-0.05, 0) is 65.4 Å². The van der Waals surface area contributed by atoms with Gasteiger partial charge in [-0.25, -0.2) is 0 Å². The van der Waals surface area contributed by atoms with Crippen molar-refractivity contribution in [1.82, 2.24) is 10.3 Å². The second-order valence-corrected chi connectivity index (χ2v) is 6.34. The zero-order valence-corrected chi connectivity index (χ0v) is 14.0. The number of hydrogen-bond acceptors (Lipinski definition) is 2. The Hall–Kier alpha value is -1.46. The van der Waals surface area contributed by atoms with E-state index >= 15 is 0 Å². The molecule has 3 heteroatoms. The van der Waals surface area contributed by atoms with Gasteiger partial charge < -0.3 is 5.32 Å². The highest BCUT2D eigenvalue weighted by Gasteiger charge is 2.13. The third-order valence-electron chi connectivity index (χ3n) is 3.74. The van der Waals surface area contributed by atoms with Gasteiger partial charge in [0, 0.05) is 21.2 Å². The summed E-state index contributed by atoms with van der Waals surface area (Å²) >= 11 is 2.34.